The van der Waals surface area contributed by atoms with Crippen molar-refractivity contribution in [1.82, 2.24) is 10.4 Å². The molecule has 3 rings (SSSR count). The van der Waals surface area contributed by atoms with Crippen LogP contribution in [-0.2, 0) is 11.2 Å². The van der Waals surface area contributed by atoms with Crippen LogP contribution < -0.4 is 11.0 Å². The maximum absolute atomic E-state index is 11.9. The van der Waals surface area contributed by atoms with Crippen molar-refractivity contribution >= 4 is 23.0 Å². The predicted molar refractivity (Wildman–Crippen MR) is 90.5 cm³/mol. The summed E-state index contributed by atoms with van der Waals surface area (Å²) < 4.78 is 0. The number of rotatable bonds is 4. The summed E-state index contributed by atoms with van der Waals surface area (Å²) in [5, 5.41) is 4.77. The minimum absolute atomic E-state index is 0.232. The van der Waals surface area contributed by atoms with Crippen LogP contribution in [0.4, 0.5) is 0 Å². The van der Waals surface area contributed by atoms with Crippen LogP contribution in [-0.4, -0.2) is 17.1 Å². The third-order valence-corrected chi connectivity index (χ3v) is 3.38. The van der Waals surface area contributed by atoms with Gasteiger partial charge in [0.05, 0.1) is 18.2 Å². The molecule has 0 fully saturated rings. The van der Waals surface area contributed by atoms with Crippen molar-refractivity contribution < 1.29 is 4.79 Å². The average Bonchev–Trinajstić information content (AvgIpc) is 2.56. The van der Waals surface area contributed by atoms with Crippen molar-refractivity contribution in [3.05, 3.63) is 82.1 Å². The molecule has 23 heavy (non-hydrogen) atoms. The van der Waals surface area contributed by atoms with Gasteiger partial charge in [-0.3, -0.25) is 9.59 Å². The number of carbonyl (C=O) groups excluding carboxylic acids is 1. The van der Waals surface area contributed by atoms with Gasteiger partial charge in [-0.2, -0.15) is 5.10 Å². The van der Waals surface area contributed by atoms with E-state index in [0.29, 0.717) is 5.56 Å². The maximum atomic E-state index is 11.9. The summed E-state index contributed by atoms with van der Waals surface area (Å²) >= 11 is 0. The van der Waals surface area contributed by atoms with E-state index in [1.807, 2.05) is 54.6 Å². The normalized spacial score (nSPS) is 11.0. The van der Waals surface area contributed by atoms with Crippen LogP contribution in [0.15, 0.2) is 70.6 Å². The predicted octanol–water partition coefficient (Wildman–Crippen LogP) is 2.22. The topological polar surface area (TPSA) is 74.3 Å². The lowest BCUT2D eigenvalue weighted by Gasteiger charge is -2.01. The number of fused-ring (bicyclic) bond motifs is 1. The summed E-state index contributed by atoms with van der Waals surface area (Å²) in [6.07, 6.45) is 1.60. The Hall–Kier alpha value is -3.21. The van der Waals surface area contributed by atoms with Crippen LogP contribution in [0.5, 0.6) is 0 Å². The van der Waals surface area contributed by atoms with E-state index in [-0.39, 0.29) is 17.9 Å². The Morgan fingerprint density at radius 1 is 1.09 bits per heavy atom. The lowest BCUT2D eigenvalue weighted by Crippen LogP contribution is -2.20. The zero-order valence-corrected chi connectivity index (χ0v) is 12.3. The molecule has 5 nitrogen and oxygen atoms in total. The first-order valence-electron chi connectivity index (χ1n) is 7.20. The SMILES string of the molecule is O=C(Cc1ccccc1)N/N=C/c1cc2ccccc2[nH]c1=O. The second kappa shape index (κ2) is 6.70. The summed E-state index contributed by atoms with van der Waals surface area (Å²) in [4.78, 5) is 26.5. The number of carbonyl (C=O) groups is 1. The quantitative estimate of drug-likeness (QED) is 0.573. The number of hydrazone groups is 1. The zero-order chi connectivity index (χ0) is 16.1. The first-order chi connectivity index (χ1) is 11.2. The minimum atomic E-state index is -0.246. The van der Waals surface area contributed by atoms with E-state index in [2.05, 4.69) is 15.5 Å². The molecule has 0 saturated carbocycles. The van der Waals surface area contributed by atoms with E-state index in [1.165, 1.54) is 6.21 Å². The first kappa shape index (κ1) is 14.7. The fraction of sp³-hybridized carbons (Fsp3) is 0.0556. The van der Waals surface area contributed by atoms with E-state index >= 15 is 0 Å². The van der Waals surface area contributed by atoms with Crippen LogP contribution in [0, 0.1) is 0 Å². The average molecular weight is 305 g/mol. The van der Waals surface area contributed by atoms with Gasteiger partial charge in [0, 0.05) is 5.52 Å². The molecule has 0 aliphatic heterocycles. The Bertz CT molecular complexity index is 914. The fourth-order valence-corrected chi connectivity index (χ4v) is 2.25. The lowest BCUT2D eigenvalue weighted by atomic mass is 10.1. The van der Waals surface area contributed by atoms with Crippen LogP contribution >= 0.6 is 0 Å². The van der Waals surface area contributed by atoms with E-state index < -0.39 is 0 Å². The smallest absolute Gasteiger partial charge is 0.257 e. The van der Waals surface area contributed by atoms with Gasteiger partial charge in [0.15, 0.2) is 0 Å². The van der Waals surface area contributed by atoms with Gasteiger partial charge in [-0.15, -0.1) is 0 Å². The lowest BCUT2D eigenvalue weighted by molar-refractivity contribution is -0.120. The second-order valence-corrected chi connectivity index (χ2v) is 5.10. The van der Waals surface area contributed by atoms with Gasteiger partial charge < -0.3 is 4.98 Å². The molecule has 1 aromatic heterocycles. The first-order valence-corrected chi connectivity index (χ1v) is 7.20. The van der Waals surface area contributed by atoms with Crippen LogP contribution in [0.25, 0.3) is 10.9 Å². The molecule has 114 valence electrons. The third kappa shape index (κ3) is 3.71. The van der Waals surface area contributed by atoms with Gasteiger partial charge in [-0.25, -0.2) is 5.43 Å². The molecule has 0 atom stereocenters. The molecule has 0 aliphatic rings. The summed E-state index contributed by atoms with van der Waals surface area (Å²) in [7, 11) is 0. The highest BCUT2D eigenvalue weighted by atomic mass is 16.2. The molecule has 0 unspecified atom stereocenters. The molecule has 2 aromatic carbocycles. The van der Waals surface area contributed by atoms with Crippen molar-refractivity contribution in [3.8, 4) is 0 Å². The molecule has 5 heteroatoms. The number of aromatic amines is 1. The molecule has 1 amide bonds. The highest BCUT2D eigenvalue weighted by Gasteiger charge is 2.02. The molecule has 3 aromatic rings. The number of hydrogen-bond acceptors (Lipinski definition) is 3. The zero-order valence-electron chi connectivity index (χ0n) is 12.3. The number of pyridine rings is 1. The van der Waals surface area contributed by atoms with Gasteiger partial charge in [0.1, 0.15) is 0 Å². The van der Waals surface area contributed by atoms with Crippen molar-refractivity contribution in [2.45, 2.75) is 6.42 Å². The van der Waals surface area contributed by atoms with E-state index in [1.54, 1.807) is 6.07 Å². The number of amides is 1. The molecule has 0 spiro atoms. The monoisotopic (exact) mass is 305 g/mol. The molecule has 0 saturated heterocycles. The third-order valence-electron chi connectivity index (χ3n) is 3.38. The number of nitrogens with one attached hydrogen (secondary N) is 2. The Morgan fingerprint density at radius 3 is 2.65 bits per heavy atom. The van der Waals surface area contributed by atoms with Crippen molar-refractivity contribution in [1.29, 1.82) is 0 Å². The van der Waals surface area contributed by atoms with Gasteiger partial charge in [-0.05, 0) is 23.1 Å². The Kier molecular flexibility index (Phi) is 4.29. The van der Waals surface area contributed by atoms with E-state index in [4.69, 9.17) is 0 Å². The summed E-state index contributed by atoms with van der Waals surface area (Å²) in [6.45, 7) is 0. The second-order valence-electron chi connectivity index (χ2n) is 5.10. The minimum Gasteiger partial charge on any atom is -0.321 e. The van der Waals surface area contributed by atoms with Gasteiger partial charge in [0.25, 0.3) is 5.56 Å². The number of benzene rings is 2. The van der Waals surface area contributed by atoms with Gasteiger partial charge >= 0.3 is 0 Å². The number of aromatic nitrogens is 1. The molecule has 0 bridgehead atoms. The van der Waals surface area contributed by atoms with Crippen molar-refractivity contribution in [2.24, 2.45) is 5.10 Å². The Morgan fingerprint density at radius 2 is 1.83 bits per heavy atom. The summed E-state index contributed by atoms with van der Waals surface area (Å²) in [5.74, 6) is -0.232. The maximum Gasteiger partial charge on any atom is 0.257 e. The van der Waals surface area contributed by atoms with E-state index in [0.717, 1.165) is 16.5 Å². The molecule has 1 heterocycles. The van der Waals surface area contributed by atoms with Crippen LogP contribution in [0.3, 0.4) is 0 Å². The largest absolute Gasteiger partial charge is 0.321 e. The number of H-pyrrole nitrogens is 1. The molecule has 0 radical (unpaired) electrons. The molecular weight excluding hydrogens is 290 g/mol. The van der Waals surface area contributed by atoms with Gasteiger partial charge in [0.2, 0.25) is 5.91 Å². The van der Waals surface area contributed by atoms with E-state index in [9.17, 15) is 9.59 Å². The molecule has 2 N–H and O–H groups in total. The molecule has 0 aliphatic carbocycles. The van der Waals surface area contributed by atoms with Crippen LogP contribution in [0.1, 0.15) is 11.1 Å². The van der Waals surface area contributed by atoms with Crippen LogP contribution in [0.2, 0.25) is 0 Å². The summed E-state index contributed by atoms with van der Waals surface area (Å²) in [6, 6.07) is 18.6. The van der Waals surface area contributed by atoms with Gasteiger partial charge in [-0.1, -0.05) is 48.5 Å². The molecular formula is C18H15N3O2. The highest BCUT2D eigenvalue weighted by molar-refractivity contribution is 5.88. The summed E-state index contributed by atoms with van der Waals surface area (Å²) in [5.41, 5.74) is 4.25. The number of hydrogen-bond donors (Lipinski definition) is 2. The fourth-order valence-electron chi connectivity index (χ4n) is 2.25. The standard InChI is InChI=1S/C18H15N3O2/c22-17(10-13-6-2-1-3-7-13)21-19-12-15-11-14-8-4-5-9-16(14)20-18(15)23/h1-9,11-12H,10H2,(H,20,23)(H,21,22)/b19-12+. The Labute approximate surface area is 132 Å². The number of nitrogens with zero attached hydrogens (tertiary/aromatic N) is 1. The highest BCUT2D eigenvalue weighted by Crippen LogP contribution is 2.08. The van der Waals surface area contributed by atoms with Crippen molar-refractivity contribution in [2.75, 3.05) is 0 Å². The Balaban J connectivity index is 1.69. The van der Waals surface area contributed by atoms with Crippen molar-refractivity contribution in [3.63, 3.8) is 0 Å². The number of para-hydroxylation sites is 1.